The fourth-order valence-corrected chi connectivity index (χ4v) is 4.91. The third kappa shape index (κ3) is 4.00. The summed E-state index contributed by atoms with van der Waals surface area (Å²) in [6.07, 6.45) is 4.30. The quantitative estimate of drug-likeness (QED) is 0.676. The maximum Gasteiger partial charge on any atom is 0.225 e. The first-order valence-electron chi connectivity index (χ1n) is 11.1. The van der Waals surface area contributed by atoms with Crippen molar-refractivity contribution >= 4 is 17.3 Å². The number of aromatic nitrogens is 1. The van der Waals surface area contributed by atoms with E-state index < -0.39 is 0 Å². The molecule has 2 atom stereocenters. The van der Waals surface area contributed by atoms with Gasteiger partial charge < -0.3 is 19.9 Å². The number of nitrogens with zero attached hydrogens (tertiary/aromatic N) is 3. The summed E-state index contributed by atoms with van der Waals surface area (Å²) in [6.45, 7) is 3.12. The Hall–Kier alpha value is -3.54. The second kappa shape index (κ2) is 8.91. The molecule has 0 radical (unpaired) electrons. The van der Waals surface area contributed by atoms with Crippen LogP contribution in [0.2, 0.25) is 0 Å². The molecule has 2 aliphatic heterocycles. The molecule has 6 nitrogen and oxygen atoms in total. The smallest absolute Gasteiger partial charge is 0.225 e. The Bertz CT molecular complexity index is 1070. The van der Waals surface area contributed by atoms with E-state index in [4.69, 9.17) is 4.74 Å². The summed E-state index contributed by atoms with van der Waals surface area (Å²) in [5.74, 6) is 0.851. The van der Waals surface area contributed by atoms with Crippen molar-refractivity contribution in [2.24, 2.45) is 5.92 Å². The molecule has 1 amide bonds. The number of rotatable bonds is 5. The summed E-state index contributed by atoms with van der Waals surface area (Å²) in [5.41, 5.74) is 4.70. The van der Waals surface area contributed by atoms with Gasteiger partial charge in [0.2, 0.25) is 5.91 Å². The fraction of sp³-hybridized carbons (Fsp3) is 0.308. The third-order valence-electron chi connectivity index (χ3n) is 6.59. The van der Waals surface area contributed by atoms with Crippen LogP contribution in [0.25, 0.3) is 0 Å². The van der Waals surface area contributed by atoms with Crippen LogP contribution >= 0.6 is 0 Å². The van der Waals surface area contributed by atoms with E-state index in [-0.39, 0.29) is 17.9 Å². The molecular formula is C26H28N4O2. The Labute approximate surface area is 188 Å². The molecule has 1 aromatic heterocycles. The van der Waals surface area contributed by atoms with Crippen molar-refractivity contribution in [1.82, 2.24) is 10.3 Å². The number of nitrogens with one attached hydrogen (secondary N) is 1. The highest BCUT2D eigenvalue weighted by atomic mass is 16.5. The maximum absolute atomic E-state index is 13.4. The van der Waals surface area contributed by atoms with Crippen LogP contribution in [0.5, 0.6) is 5.75 Å². The highest BCUT2D eigenvalue weighted by molar-refractivity contribution is 5.82. The minimum Gasteiger partial charge on any atom is -0.497 e. The topological polar surface area (TPSA) is 57.7 Å². The van der Waals surface area contributed by atoms with Crippen LogP contribution in [0, 0.1) is 5.92 Å². The average Bonchev–Trinajstić information content (AvgIpc) is 2.87. The zero-order chi connectivity index (χ0) is 21.9. The van der Waals surface area contributed by atoms with Crippen molar-refractivity contribution in [3.8, 4) is 5.75 Å². The number of carbonyl (C=O) groups excluding carboxylic acids is 1. The first-order valence-corrected chi connectivity index (χ1v) is 11.1. The molecule has 2 aromatic carbocycles. The Balaban J connectivity index is 1.38. The number of para-hydroxylation sites is 1. The number of hydrogen-bond acceptors (Lipinski definition) is 5. The van der Waals surface area contributed by atoms with E-state index >= 15 is 0 Å². The first kappa shape index (κ1) is 20.4. The second-order valence-electron chi connectivity index (χ2n) is 8.42. The van der Waals surface area contributed by atoms with Gasteiger partial charge in [-0.25, -0.2) is 0 Å². The molecule has 1 fully saturated rings. The molecule has 0 aliphatic carbocycles. The normalized spacial score (nSPS) is 19.7. The lowest BCUT2D eigenvalue weighted by molar-refractivity contribution is -0.126. The van der Waals surface area contributed by atoms with Gasteiger partial charge in [-0.3, -0.25) is 9.78 Å². The van der Waals surface area contributed by atoms with Gasteiger partial charge in [0, 0.05) is 49.9 Å². The van der Waals surface area contributed by atoms with E-state index in [2.05, 4.69) is 56.5 Å². The lowest BCUT2D eigenvalue weighted by atomic mass is 9.83. The SMILES string of the molecule is COc1ccc(N2CCN3c4ccccc4C[C@@H](C(=O)NCc4cccnc4)[C@@H]3C2)cc1. The summed E-state index contributed by atoms with van der Waals surface area (Å²) >= 11 is 0. The minimum atomic E-state index is -0.109. The summed E-state index contributed by atoms with van der Waals surface area (Å²) in [5, 5.41) is 3.16. The third-order valence-corrected chi connectivity index (χ3v) is 6.59. The predicted molar refractivity (Wildman–Crippen MR) is 126 cm³/mol. The predicted octanol–water partition coefficient (Wildman–Crippen LogP) is 3.27. The maximum atomic E-state index is 13.4. The van der Waals surface area contributed by atoms with Gasteiger partial charge >= 0.3 is 0 Å². The highest BCUT2D eigenvalue weighted by Crippen LogP contribution is 2.37. The number of hydrogen-bond donors (Lipinski definition) is 1. The Morgan fingerprint density at radius 2 is 1.94 bits per heavy atom. The van der Waals surface area contributed by atoms with Gasteiger partial charge in [0.05, 0.1) is 19.1 Å². The molecule has 0 bridgehead atoms. The van der Waals surface area contributed by atoms with E-state index in [9.17, 15) is 4.79 Å². The second-order valence-corrected chi connectivity index (χ2v) is 8.42. The molecule has 0 unspecified atom stereocenters. The summed E-state index contributed by atoms with van der Waals surface area (Å²) < 4.78 is 5.31. The van der Waals surface area contributed by atoms with Gasteiger partial charge in [0.1, 0.15) is 5.75 Å². The Morgan fingerprint density at radius 3 is 2.72 bits per heavy atom. The molecule has 3 aromatic rings. The molecule has 32 heavy (non-hydrogen) atoms. The Kier molecular flexibility index (Phi) is 5.67. The number of pyridine rings is 1. The molecule has 1 N–H and O–H groups in total. The number of ether oxygens (including phenoxy) is 1. The van der Waals surface area contributed by atoms with E-state index in [0.29, 0.717) is 6.54 Å². The van der Waals surface area contributed by atoms with Crippen LogP contribution in [-0.4, -0.2) is 43.7 Å². The number of carbonyl (C=O) groups is 1. The molecule has 0 spiro atoms. The van der Waals surface area contributed by atoms with Crippen molar-refractivity contribution in [2.45, 2.75) is 19.0 Å². The van der Waals surface area contributed by atoms with Gasteiger partial charge in [0.15, 0.2) is 0 Å². The van der Waals surface area contributed by atoms with Crippen molar-refractivity contribution < 1.29 is 9.53 Å². The van der Waals surface area contributed by atoms with Crippen LogP contribution in [0.4, 0.5) is 11.4 Å². The lowest BCUT2D eigenvalue weighted by Crippen LogP contribution is -2.61. The van der Waals surface area contributed by atoms with Gasteiger partial charge in [-0.1, -0.05) is 24.3 Å². The summed E-state index contributed by atoms with van der Waals surface area (Å²) in [6, 6.07) is 20.7. The molecule has 5 rings (SSSR count). The molecule has 164 valence electrons. The van der Waals surface area contributed by atoms with E-state index in [1.54, 1.807) is 19.5 Å². The first-order chi connectivity index (χ1) is 15.7. The van der Waals surface area contributed by atoms with E-state index in [1.165, 1.54) is 16.9 Å². The number of piperazine rings is 1. The number of benzene rings is 2. The fourth-order valence-electron chi connectivity index (χ4n) is 4.91. The van der Waals surface area contributed by atoms with E-state index in [0.717, 1.165) is 37.4 Å². The highest BCUT2D eigenvalue weighted by Gasteiger charge is 2.41. The molecule has 3 heterocycles. The largest absolute Gasteiger partial charge is 0.497 e. The minimum absolute atomic E-state index is 0.106. The molecular weight excluding hydrogens is 400 g/mol. The van der Waals surface area contributed by atoms with Crippen LogP contribution in [0.15, 0.2) is 73.1 Å². The van der Waals surface area contributed by atoms with Crippen LogP contribution in [0.1, 0.15) is 11.1 Å². The number of amides is 1. The standard InChI is InChI=1S/C26H28N4O2/c1-32-22-10-8-21(9-11-22)29-13-14-30-24-7-3-2-6-20(24)15-23(25(30)18-29)26(31)28-17-19-5-4-12-27-16-19/h2-12,16,23,25H,13-15,17-18H2,1H3,(H,28,31)/t23-,25+/m1/s1. The van der Waals surface area contributed by atoms with Crippen LogP contribution in [-0.2, 0) is 17.8 Å². The van der Waals surface area contributed by atoms with Gasteiger partial charge in [-0.2, -0.15) is 0 Å². The van der Waals surface area contributed by atoms with E-state index in [1.807, 2.05) is 24.3 Å². The summed E-state index contributed by atoms with van der Waals surface area (Å²) in [4.78, 5) is 22.3. The lowest BCUT2D eigenvalue weighted by Gasteiger charge is -2.49. The monoisotopic (exact) mass is 428 g/mol. The van der Waals surface area contributed by atoms with Crippen LogP contribution in [0.3, 0.4) is 0 Å². The summed E-state index contributed by atoms with van der Waals surface area (Å²) in [7, 11) is 1.68. The Morgan fingerprint density at radius 1 is 1.09 bits per heavy atom. The zero-order valence-corrected chi connectivity index (χ0v) is 18.3. The van der Waals surface area contributed by atoms with Crippen LogP contribution < -0.4 is 19.9 Å². The molecule has 0 saturated carbocycles. The van der Waals surface area contributed by atoms with Crippen molar-refractivity contribution in [2.75, 3.05) is 36.5 Å². The number of anilines is 2. The average molecular weight is 429 g/mol. The molecule has 2 aliphatic rings. The van der Waals surface area contributed by atoms with Crippen molar-refractivity contribution in [3.63, 3.8) is 0 Å². The van der Waals surface area contributed by atoms with Gasteiger partial charge in [0.25, 0.3) is 0 Å². The van der Waals surface area contributed by atoms with Gasteiger partial charge in [-0.15, -0.1) is 0 Å². The van der Waals surface area contributed by atoms with Crippen molar-refractivity contribution in [1.29, 1.82) is 0 Å². The number of methoxy groups -OCH3 is 1. The van der Waals surface area contributed by atoms with Gasteiger partial charge in [-0.05, 0) is 53.9 Å². The zero-order valence-electron chi connectivity index (χ0n) is 18.3. The van der Waals surface area contributed by atoms with Crippen molar-refractivity contribution in [3.05, 3.63) is 84.2 Å². The number of fused-ring (bicyclic) bond motifs is 3. The molecule has 6 heteroatoms. The molecule has 1 saturated heterocycles.